The Morgan fingerprint density at radius 2 is 1.85 bits per heavy atom. The highest BCUT2D eigenvalue weighted by Crippen LogP contribution is 2.26. The number of aromatic nitrogens is 4. The van der Waals surface area contributed by atoms with Gasteiger partial charge in [-0.05, 0) is 55.8 Å². The highest BCUT2D eigenvalue weighted by molar-refractivity contribution is 5.97. The average molecular weight is 350 g/mol. The van der Waals surface area contributed by atoms with Gasteiger partial charge in [-0.1, -0.05) is 0 Å². The molecule has 130 valence electrons. The number of pyridine rings is 1. The summed E-state index contributed by atoms with van der Waals surface area (Å²) >= 11 is 0. The minimum Gasteiger partial charge on any atom is -0.464 e. The molecule has 0 spiro atoms. The molecule has 6 nitrogen and oxygen atoms in total. The smallest absolute Gasteiger partial charge is 0.356 e. The van der Waals surface area contributed by atoms with Crippen LogP contribution in [0.5, 0.6) is 0 Å². The first-order chi connectivity index (χ1) is 12.5. The molecule has 0 atom stereocenters. The molecule has 7 heteroatoms. The quantitative estimate of drug-likeness (QED) is 0.518. The number of ether oxygens (including phenoxy) is 1. The van der Waals surface area contributed by atoms with Gasteiger partial charge >= 0.3 is 5.97 Å². The predicted octanol–water partition coefficient (Wildman–Crippen LogP) is 3.49. The molecule has 0 unspecified atom stereocenters. The third-order valence-electron chi connectivity index (χ3n) is 4.21. The Morgan fingerprint density at radius 3 is 2.54 bits per heavy atom. The van der Waals surface area contributed by atoms with Crippen molar-refractivity contribution in [1.29, 1.82) is 0 Å². The Balaban J connectivity index is 2.10. The number of esters is 1. The number of rotatable bonds is 2. The summed E-state index contributed by atoms with van der Waals surface area (Å²) in [6, 6.07) is 9.45. The second-order valence-corrected chi connectivity index (χ2v) is 6.04. The van der Waals surface area contributed by atoms with E-state index in [-0.39, 0.29) is 11.5 Å². The zero-order valence-electron chi connectivity index (χ0n) is 14.4. The molecule has 4 aromatic rings. The van der Waals surface area contributed by atoms with E-state index in [9.17, 15) is 9.18 Å². The van der Waals surface area contributed by atoms with Crippen molar-refractivity contribution in [2.24, 2.45) is 0 Å². The third-order valence-corrected chi connectivity index (χ3v) is 4.21. The number of benzene rings is 1. The zero-order chi connectivity index (χ0) is 18.4. The molecule has 3 aromatic heterocycles. The normalized spacial score (nSPS) is 11.2. The van der Waals surface area contributed by atoms with Crippen LogP contribution in [0.1, 0.15) is 21.7 Å². The maximum absolute atomic E-state index is 13.3. The van der Waals surface area contributed by atoms with E-state index < -0.39 is 5.97 Å². The summed E-state index contributed by atoms with van der Waals surface area (Å²) in [7, 11) is 1.31. The van der Waals surface area contributed by atoms with Gasteiger partial charge in [-0.25, -0.2) is 23.7 Å². The molecule has 0 N–H and O–H groups in total. The van der Waals surface area contributed by atoms with E-state index in [1.54, 1.807) is 18.2 Å². The molecule has 1 aromatic carbocycles. The fourth-order valence-corrected chi connectivity index (χ4v) is 3.04. The van der Waals surface area contributed by atoms with Crippen LogP contribution < -0.4 is 0 Å². The van der Waals surface area contributed by atoms with Crippen LogP contribution in [0.2, 0.25) is 0 Å². The zero-order valence-corrected chi connectivity index (χ0v) is 14.4. The van der Waals surface area contributed by atoms with Gasteiger partial charge in [0.25, 0.3) is 0 Å². The summed E-state index contributed by atoms with van der Waals surface area (Å²) in [5.41, 5.74) is 4.25. The minimum atomic E-state index is -0.539. The number of nitrogens with zero attached hydrogens (tertiary/aromatic N) is 4. The van der Waals surface area contributed by atoms with Gasteiger partial charge in [0, 0.05) is 11.3 Å². The molecule has 3 heterocycles. The Hall–Kier alpha value is -3.35. The molecule has 0 amide bonds. The maximum Gasteiger partial charge on any atom is 0.356 e. The van der Waals surface area contributed by atoms with Gasteiger partial charge in [-0.15, -0.1) is 5.10 Å². The lowest BCUT2D eigenvalue weighted by Crippen LogP contribution is -2.10. The van der Waals surface area contributed by atoms with Crippen LogP contribution >= 0.6 is 0 Å². The molecular weight excluding hydrogens is 335 g/mol. The average Bonchev–Trinajstić information content (AvgIpc) is 2.99. The maximum atomic E-state index is 13.3. The molecule has 0 radical (unpaired) electrons. The largest absolute Gasteiger partial charge is 0.464 e. The SMILES string of the molecule is COC(=O)c1cc(-c2ccc(F)cc2)nc2c3c(C)cc(C)nc3nn12. The lowest BCUT2D eigenvalue weighted by molar-refractivity contribution is 0.0591. The van der Waals surface area contributed by atoms with Gasteiger partial charge in [0.1, 0.15) is 5.82 Å². The summed E-state index contributed by atoms with van der Waals surface area (Å²) in [5, 5.41) is 5.21. The van der Waals surface area contributed by atoms with Gasteiger partial charge in [-0.3, -0.25) is 0 Å². The molecule has 4 rings (SSSR count). The van der Waals surface area contributed by atoms with Crippen molar-refractivity contribution in [3.63, 3.8) is 0 Å². The van der Waals surface area contributed by atoms with Gasteiger partial charge in [-0.2, -0.15) is 0 Å². The highest BCUT2D eigenvalue weighted by Gasteiger charge is 2.20. The lowest BCUT2D eigenvalue weighted by Gasteiger charge is -2.07. The van der Waals surface area contributed by atoms with Crippen LogP contribution in [-0.4, -0.2) is 32.7 Å². The van der Waals surface area contributed by atoms with E-state index in [1.165, 1.54) is 23.8 Å². The van der Waals surface area contributed by atoms with Crippen LogP contribution in [0.4, 0.5) is 4.39 Å². The fraction of sp³-hybridized carbons (Fsp3) is 0.158. The Morgan fingerprint density at radius 1 is 1.12 bits per heavy atom. The van der Waals surface area contributed by atoms with Crippen molar-refractivity contribution in [3.05, 3.63) is 59.2 Å². The second-order valence-electron chi connectivity index (χ2n) is 6.04. The first kappa shape index (κ1) is 16.1. The number of halogens is 1. The van der Waals surface area contributed by atoms with Gasteiger partial charge in [0.2, 0.25) is 0 Å². The molecule has 0 bridgehead atoms. The summed E-state index contributed by atoms with van der Waals surface area (Å²) in [5.74, 6) is -0.878. The number of aryl methyl sites for hydroxylation is 2. The second kappa shape index (κ2) is 5.87. The van der Waals surface area contributed by atoms with Crippen molar-refractivity contribution >= 4 is 22.6 Å². The fourth-order valence-electron chi connectivity index (χ4n) is 3.04. The van der Waals surface area contributed by atoms with E-state index in [4.69, 9.17) is 4.74 Å². The monoisotopic (exact) mass is 350 g/mol. The number of hydrogen-bond donors (Lipinski definition) is 0. The van der Waals surface area contributed by atoms with Crippen LogP contribution in [0.3, 0.4) is 0 Å². The van der Waals surface area contributed by atoms with Crippen molar-refractivity contribution in [2.45, 2.75) is 13.8 Å². The molecular formula is C19H15FN4O2. The van der Waals surface area contributed by atoms with Crippen LogP contribution in [0.15, 0.2) is 36.4 Å². The molecule has 0 saturated heterocycles. The summed E-state index contributed by atoms with van der Waals surface area (Å²) in [4.78, 5) is 21.4. The van der Waals surface area contributed by atoms with Gasteiger partial charge in [0.15, 0.2) is 17.0 Å². The number of fused-ring (bicyclic) bond motifs is 3. The number of methoxy groups -OCH3 is 1. The molecule has 0 saturated carbocycles. The predicted molar refractivity (Wildman–Crippen MR) is 94.5 cm³/mol. The van der Waals surface area contributed by atoms with Crippen molar-refractivity contribution in [2.75, 3.05) is 7.11 Å². The summed E-state index contributed by atoms with van der Waals surface area (Å²) in [6.45, 7) is 3.83. The number of carbonyl (C=O) groups excluding carboxylic acids is 1. The van der Waals surface area contributed by atoms with E-state index >= 15 is 0 Å². The topological polar surface area (TPSA) is 69.4 Å². The van der Waals surface area contributed by atoms with Gasteiger partial charge < -0.3 is 4.74 Å². The molecule has 0 aliphatic carbocycles. The highest BCUT2D eigenvalue weighted by atomic mass is 19.1. The Labute approximate surface area is 148 Å². The standard InChI is InChI=1S/C19H15FN4O2/c1-10-8-11(2)21-17-16(10)18-22-14(12-4-6-13(20)7-5-12)9-15(19(25)26-3)24(18)23-17/h4-9H,1-3H3. The number of hydrogen-bond acceptors (Lipinski definition) is 5. The summed E-state index contributed by atoms with van der Waals surface area (Å²) in [6.07, 6.45) is 0. The van der Waals surface area contributed by atoms with Crippen LogP contribution in [0, 0.1) is 19.7 Å². The van der Waals surface area contributed by atoms with Gasteiger partial charge in [0.05, 0.1) is 18.2 Å². The van der Waals surface area contributed by atoms with E-state index in [0.717, 1.165) is 16.6 Å². The van der Waals surface area contributed by atoms with E-state index in [2.05, 4.69) is 15.1 Å². The van der Waals surface area contributed by atoms with E-state index in [0.29, 0.717) is 22.6 Å². The first-order valence-electron chi connectivity index (χ1n) is 8.00. The lowest BCUT2D eigenvalue weighted by atomic mass is 10.1. The van der Waals surface area contributed by atoms with Crippen LogP contribution in [0.25, 0.3) is 27.9 Å². The molecule has 0 fully saturated rings. The van der Waals surface area contributed by atoms with Crippen molar-refractivity contribution < 1.29 is 13.9 Å². The first-order valence-corrected chi connectivity index (χ1v) is 8.00. The third kappa shape index (κ3) is 2.48. The Bertz CT molecular complexity index is 1170. The van der Waals surface area contributed by atoms with Crippen LogP contribution in [-0.2, 0) is 4.74 Å². The van der Waals surface area contributed by atoms with Crippen molar-refractivity contribution in [1.82, 2.24) is 19.6 Å². The number of carbonyl (C=O) groups is 1. The minimum absolute atomic E-state index is 0.229. The Kier molecular flexibility index (Phi) is 3.64. The summed E-state index contributed by atoms with van der Waals surface area (Å²) < 4.78 is 19.6. The molecule has 0 aliphatic heterocycles. The van der Waals surface area contributed by atoms with Crippen molar-refractivity contribution in [3.8, 4) is 11.3 Å². The molecule has 26 heavy (non-hydrogen) atoms. The van der Waals surface area contributed by atoms with E-state index in [1.807, 2.05) is 19.9 Å². The molecule has 0 aliphatic rings.